The molecule has 0 unspecified atom stereocenters. The molecule has 1 aromatic rings. The van der Waals surface area contributed by atoms with Crippen molar-refractivity contribution in [2.75, 3.05) is 21.3 Å². The van der Waals surface area contributed by atoms with Crippen LogP contribution in [-0.4, -0.2) is 27.3 Å². The average molecular weight is 303 g/mol. The number of aryl methyl sites for hydroxylation is 1. The van der Waals surface area contributed by atoms with Crippen LogP contribution in [0.3, 0.4) is 0 Å². The highest BCUT2D eigenvalue weighted by Gasteiger charge is 2.11. The highest BCUT2D eigenvalue weighted by molar-refractivity contribution is 9.10. The Bertz CT molecular complexity index is 404. The standard InChI is InChI=1S/C12H15BrO4/c1-15-10-7-11(16-2)9(13)6-8(10)4-5-12(14)17-3/h6-7H,4-5H2,1-3H3. The van der Waals surface area contributed by atoms with Gasteiger partial charge in [0.2, 0.25) is 0 Å². The summed E-state index contributed by atoms with van der Waals surface area (Å²) < 4.78 is 15.9. The first-order chi connectivity index (χ1) is 8.12. The van der Waals surface area contributed by atoms with E-state index in [1.165, 1.54) is 7.11 Å². The monoisotopic (exact) mass is 302 g/mol. The van der Waals surface area contributed by atoms with Gasteiger partial charge < -0.3 is 14.2 Å². The Morgan fingerprint density at radius 2 is 1.82 bits per heavy atom. The van der Waals surface area contributed by atoms with Gasteiger partial charge in [0.15, 0.2) is 0 Å². The highest BCUT2D eigenvalue weighted by atomic mass is 79.9. The number of hydrogen-bond donors (Lipinski definition) is 0. The maximum Gasteiger partial charge on any atom is 0.305 e. The number of halogens is 1. The van der Waals surface area contributed by atoms with Crippen molar-refractivity contribution in [3.05, 3.63) is 22.2 Å². The third-order valence-corrected chi connectivity index (χ3v) is 3.00. The van der Waals surface area contributed by atoms with Crippen molar-refractivity contribution in [3.8, 4) is 11.5 Å². The van der Waals surface area contributed by atoms with E-state index in [0.29, 0.717) is 24.3 Å². The molecule has 1 rings (SSSR count). The first kappa shape index (κ1) is 13.8. The summed E-state index contributed by atoms with van der Waals surface area (Å²) in [5, 5.41) is 0. The molecular formula is C12H15BrO4. The van der Waals surface area contributed by atoms with Crippen LogP contribution in [0.4, 0.5) is 0 Å². The van der Waals surface area contributed by atoms with Crippen molar-refractivity contribution in [1.82, 2.24) is 0 Å². The number of hydrogen-bond acceptors (Lipinski definition) is 4. The summed E-state index contributed by atoms with van der Waals surface area (Å²) in [6.07, 6.45) is 0.893. The number of esters is 1. The summed E-state index contributed by atoms with van der Waals surface area (Å²) in [6, 6.07) is 3.68. The Balaban J connectivity index is 2.90. The molecule has 5 heteroatoms. The largest absolute Gasteiger partial charge is 0.496 e. The SMILES string of the molecule is COC(=O)CCc1cc(Br)c(OC)cc1OC. The summed E-state index contributed by atoms with van der Waals surface area (Å²) in [5.41, 5.74) is 0.936. The number of carbonyl (C=O) groups is 1. The maximum atomic E-state index is 11.1. The van der Waals surface area contributed by atoms with Crippen LogP contribution >= 0.6 is 15.9 Å². The molecule has 0 heterocycles. The van der Waals surface area contributed by atoms with E-state index in [4.69, 9.17) is 9.47 Å². The van der Waals surface area contributed by atoms with Crippen LogP contribution in [-0.2, 0) is 16.0 Å². The fraction of sp³-hybridized carbons (Fsp3) is 0.417. The highest BCUT2D eigenvalue weighted by Crippen LogP contribution is 2.33. The minimum Gasteiger partial charge on any atom is -0.496 e. The summed E-state index contributed by atoms with van der Waals surface area (Å²) in [4.78, 5) is 11.1. The molecule has 94 valence electrons. The summed E-state index contributed by atoms with van der Waals surface area (Å²) in [7, 11) is 4.56. The molecule has 17 heavy (non-hydrogen) atoms. The molecular weight excluding hydrogens is 288 g/mol. The topological polar surface area (TPSA) is 44.8 Å². The second-order valence-electron chi connectivity index (χ2n) is 3.37. The van der Waals surface area contributed by atoms with Crippen LogP contribution in [0, 0.1) is 0 Å². The van der Waals surface area contributed by atoms with Gasteiger partial charge in [-0.15, -0.1) is 0 Å². The minimum absolute atomic E-state index is 0.237. The molecule has 0 spiro atoms. The molecule has 0 fully saturated rings. The van der Waals surface area contributed by atoms with Crippen LogP contribution in [0.1, 0.15) is 12.0 Å². The zero-order valence-electron chi connectivity index (χ0n) is 10.1. The molecule has 0 saturated carbocycles. The first-order valence-corrected chi connectivity index (χ1v) is 5.89. The maximum absolute atomic E-state index is 11.1. The van der Waals surface area contributed by atoms with Crippen LogP contribution in [0.2, 0.25) is 0 Å². The van der Waals surface area contributed by atoms with Gasteiger partial charge in [-0.2, -0.15) is 0 Å². The Morgan fingerprint density at radius 1 is 1.18 bits per heavy atom. The lowest BCUT2D eigenvalue weighted by Crippen LogP contribution is -2.03. The van der Waals surface area contributed by atoms with Gasteiger partial charge in [-0.05, 0) is 34.0 Å². The molecule has 1 aromatic carbocycles. The van der Waals surface area contributed by atoms with Gasteiger partial charge in [0, 0.05) is 12.5 Å². The number of benzene rings is 1. The van der Waals surface area contributed by atoms with Crippen LogP contribution in [0.15, 0.2) is 16.6 Å². The number of methoxy groups -OCH3 is 3. The Hall–Kier alpha value is -1.23. The molecule has 0 amide bonds. The van der Waals surface area contributed by atoms with E-state index in [1.807, 2.05) is 6.07 Å². The molecule has 0 radical (unpaired) electrons. The van der Waals surface area contributed by atoms with Crippen LogP contribution < -0.4 is 9.47 Å². The van der Waals surface area contributed by atoms with E-state index in [1.54, 1.807) is 20.3 Å². The van der Waals surface area contributed by atoms with Crippen molar-refractivity contribution < 1.29 is 19.0 Å². The Morgan fingerprint density at radius 3 is 2.35 bits per heavy atom. The molecule has 0 aliphatic heterocycles. The lowest BCUT2D eigenvalue weighted by atomic mass is 10.1. The smallest absolute Gasteiger partial charge is 0.305 e. The Kier molecular flexibility index (Phi) is 5.28. The van der Waals surface area contributed by atoms with Gasteiger partial charge >= 0.3 is 5.97 Å². The lowest BCUT2D eigenvalue weighted by Gasteiger charge is -2.11. The van der Waals surface area contributed by atoms with Gasteiger partial charge in [-0.25, -0.2) is 0 Å². The zero-order chi connectivity index (χ0) is 12.8. The summed E-state index contributed by atoms with van der Waals surface area (Å²) >= 11 is 3.40. The second-order valence-corrected chi connectivity index (χ2v) is 4.23. The number of ether oxygens (including phenoxy) is 3. The number of carbonyl (C=O) groups excluding carboxylic acids is 1. The normalized spacial score (nSPS) is 9.88. The molecule has 0 N–H and O–H groups in total. The summed E-state index contributed by atoms with van der Waals surface area (Å²) in [5.74, 6) is 1.16. The molecule has 0 bridgehead atoms. The third kappa shape index (κ3) is 3.63. The third-order valence-electron chi connectivity index (χ3n) is 2.38. The quantitative estimate of drug-likeness (QED) is 0.784. The summed E-state index contributed by atoms with van der Waals surface area (Å²) in [6.45, 7) is 0. The van der Waals surface area contributed by atoms with Crippen molar-refractivity contribution >= 4 is 21.9 Å². The van der Waals surface area contributed by atoms with Crippen molar-refractivity contribution in [1.29, 1.82) is 0 Å². The average Bonchev–Trinajstić information content (AvgIpc) is 2.35. The van der Waals surface area contributed by atoms with Crippen molar-refractivity contribution in [2.45, 2.75) is 12.8 Å². The van der Waals surface area contributed by atoms with E-state index >= 15 is 0 Å². The van der Waals surface area contributed by atoms with Gasteiger partial charge in [0.25, 0.3) is 0 Å². The predicted molar refractivity (Wildman–Crippen MR) is 67.6 cm³/mol. The van der Waals surface area contributed by atoms with Crippen LogP contribution in [0.5, 0.6) is 11.5 Å². The minimum atomic E-state index is -0.237. The second kappa shape index (κ2) is 6.49. The van der Waals surface area contributed by atoms with Gasteiger partial charge in [-0.1, -0.05) is 0 Å². The predicted octanol–water partition coefficient (Wildman–Crippen LogP) is 2.57. The lowest BCUT2D eigenvalue weighted by molar-refractivity contribution is -0.140. The van der Waals surface area contributed by atoms with E-state index in [9.17, 15) is 4.79 Å². The van der Waals surface area contributed by atoms with Crippen LogP contribution in [0.25, 0.3) is 0 Å². The fourth-order valence-electron chi connectivity index (χ4n) is 1.46. The molecule has 0 aromatic heterocycles. The fourth-order valence-corrected chi connectivity index (χ4v) is 2.01. The van der Waals surface area contributed by atoms with E-state index < -0.39 is 0 Å². The Labute approximate surface area is 109 Å². The van der Waals surface area contributed by atoms with Gasteiger partial charge in [0.1, 0.15) is 11.5 Å². The molecule has 0 atom stereocenters. The van der Waals surface area contributed by atoms with Gasteiger partial charge in [0.05, 0.1) is 25.8 Å². The van der Waals surface area contributed by atoms with E-state index in [2.05, 4.69) is 20.7 Å². The molecule has 0 saturated heterocycles. The first-order valence-electron chi connectivity index (χ1n) is 5.09. The molecule has 4 nitrogen and oxygen atoms in total. The molecule has 0 aliphatic carbocycles. The van der Waals surface area contributed by atoms with E-state index in [-0.39, 0.29) is 5.97 Å². The molecule has 0 aliphatic rings. The van der Waals surface area contributed by atoms with Crippen molar-refractivity contribution in [3.63, 3.8) is 0 Å². The van der Waals surface area contributed by atoms with E-state index in [0.717, 1.165) is 10.0 Å². The number of rotatable bonds is 5. The van der Waals surface area contributed by atoms with Crippen molar-refractivity contribution in [2.24, 2.45) is 0 Å². The van der Waals surface area contributed by atoms with Gasteiger partial charge in [-0.3, -0.25) is 4.79 Å². The zero-order valence-corrected chi connectivity index (χ0v) is 11.7.